The van der Waals surface area contributed by atoms with E-state index in [1.54, 1.807) is 20.8 Å². The Morgan fingerprint density at radius 3 is 1.78 bits per heavy atom. The van der Waals surface area contributed by atoms with Crippen LogP contribution in [-0.4, -0.2) is 34.8 Å². The van der Waals surface area contributed by atoms with E-state index in [0.717, 1.165) is 0 Å². The van der Waals surface area contributed by atoms with Crippen LogP contribution in [0, 0.1) is 0 Å². The number of alkyl halides is 3. The second kappa shape index (κ2) is 8.84. The maximum atomic E-state index is 13.1. The SMILES string of the molecule is CCO[Si](OCC)(OCC)/C(=C/C(F)(F)F)c1ccc(Cl)cc1. The van der Waals surface area contributed by atoms with E-state index in [-0.39, 0.29) is 31.1 Å². The van der Waals surface area contributed by atoms with Crippen LogP contribution in [0.2, 0.25) is 5.02 Å². The standard InChI is InChI=1S/C15H20ClF3O3Si/c1-4-20-23(21-5-2,22-6-3)14(11-15(17,18)19)12-7-9-13(16)10-8-12/h7-11H,4-6H2,1-3H3/b14-11+. The topological polar surface area (TPSA) is 27.7 Å². The smallest absolute Gasteiger partial charge is 0.370 e. The van der Waals surface area contributed by atoms with E-state index in [1.165, 1.54) is 24.3 Å². The van der Waals surface area contributed by atoms with Crippen LogP contribution in [-0.2, 0) is 13.3 Å². The van der Waals surface area contributed by atoms with Crippen molar-refractivity contribution in [2.45, 2.75) is 26.9 Å². The molecule has 130 valence electrons. The summed E-state index contributed by atoms with van der Waals surface area (Å²) in [4.78, 5) is 0. The number of allylic oxidation sites excluding steroid dienone is 1. The Bertz CT molecular complexity index is 501. The Hall–Kier alpha value is -0.863. The van der Waals surface area contributed by atoms with E-state index in [0.29, 0.717) is 10.6 Å². The molecule has 0 aliphatic rings. The Morgan fingerprint density at radius 2 is 1.43 bits per heavy atom. The molecule has 0 aliphatic heterocycles. The summed E-state index contributed by atoms with van der Waals surface area (Å²) >= 11 is 5.82. The number of halogens is 4. The summed E-state index contributed by atoms with van der Waals surface area (Å²) in [7, 11) is -3.69. The van der Waals surface area contributed by atoms with Gasteiger partial charge in [0.2, 0.25) is 0 Å². The van der Waals surface area contributed by atoms with Crippen LogP contribution >= 0.6 is 11.6 Å². The van der Waals surface area contributed by atoms with Gasteiger partial charge in [0.25, 0.3) is 0 Å². The molecule has 0 aromatic heterocycles. The molecule has 0 saturated heterocycles. The summed E-state index contributed by atoms with van der Waals surface area (Å²) in [5.74, 6) is 0. The minimum Gasteiger partial charge on any atom is -0.370 e. The average Bonchev–Trinajstić information content (AvgIpc) is 2.45. The van der Waals surface area contributed by atoms with E-state index >= 15 is 0 Å². The number of hydrogen-bond donors (Lipinski definition) is 0. The fraction of sp³-hybridized carbons (Fsp3) is 0.467. The normalized spacial score (nSPS) is 13.4. The highest BCUT2D eigenvalue weighted by Gasteiger charge is 2.48. The van der Waals surface area contributed by atoms with Gasteiger partial charge in [0.05, 0.1) is 0 Å². The van der Waals surface area contributed by atoms with Gasteiger partial charge in [-0.3, -0.25) is 0 Å². The van der Waals surface area contributed by atoms with E-state index in [2.05, 4.69) is 0 Å². The lowest BCUT2D eigenvalue weighted by Crippen LogP contribution is -2.48. The van der Waals surface area contributed by atoms with E-state index < -0.39 is 15.0 Å². The molecule has 0 radical (unpaired) electrons. The molecule has 0 fully saturated rings. The Labute approximate surface area is 140 Å². The second-order valence-corrected chi connectivity index (χ2v) is 7.42. The van der Waals surface area contributed by atoms with Gasteiger partial charge in [0.15, 0.2) is 0 Å². The van der Waals surface area contributed by atoms with Gasteiger partial charge < -0.3 is 13.3 Å². The number of benzene rings is 1. The van der Waals surface area contributed by atoms with Gasteiger partial charge in [-0.2, -0.15) is 13.2 Å². The van der Waals surface area contributed by atoms with Crippen molar-refractivity contribution in [3.8, 4) is 0 Å². The molecule has 0 atom stereocenters. The Morgan fingerprint density at radius 1 is 1.00 bits per heavy atom. The molecule has 0 saturated carbocycles. The minimum atomic E-state index is -4.53. The lowest BCUT2D eigenvalue weighted by Gasteiger charge is -2.31. The van der Waals surface area contributed by atoms with Gasteiger partial charge >= 0.3 is 15.0 Å². The average molecular weight is 369 g/mol. The van der Waals surface area contributed by atoms with Gasteiger partial charge in [-0.15, -0.1) is 0 Å². The number of hydrogen-bond acceptors (Lipinski definition) is 3. The maximum Gasteiger partial charge on any atom is 0.537 e. The van der Waals surface area contributed by atoms with Crippen molar-refractivity contribution in [1.29, 1.82) is 0 Å². The molecule has 0 N–H and O–H groups in total. The molecule has 0 spiro atoms. The number of rotatable bonds is 8. The van der Waals surface area contributed by atoms with Crippen LogP contribution in [0.5, 0.6) is 0 Å². The van der Waals surface area contributed by atoms with Gasteiger partial charge in [-0.05, 0) is 38.5 Å². The van der Waals surface area contributed by atoms with Gasteiger partial charge in [-0.1, -0.05) is 23.7 Å². The third kappa shape index (κ3) is 5.93. The molecule has 1 aromatic rings. The molecule has 1 rings (SSSR count). The predicted molar refractivity (Wildman–Crippen MR) is 86.1 cm³/mol. The Balaban J connectivity index is 3.49. The molecule has 0 amide bonds. The summed E-state index contributed by atoms with van der Waals surface area (Å²) in [6.45, 7) is 5.59. The van der Waals surface area contributed by atoms with Crippen molar-refractivity contribution in [2.75, 3.05) is 19.8 Å². The molecule has 0 heterocycles. The summed E-state index contributed by atoms with van der Waals surface area (Å²) in [5, 5.41) is 0.309. The fourth-order valence-corrected chi connectivity index (χ4v) is 4.91. The quantitative estimate of drug-likeness (QED) is 0.612. The molecule has 0 aliphatic carbocycles. The lowest BCUT2D eigenvalue weighted by atomic mass is 10.2. The van der Waals surface area contributed by atoms with Gasteiger partial charge in [-0.25, -0.2) is 0 Å². The summed E-state index contributed by atoms with van der Waals surface area (Å²) < 4.78 is 56.0. The first-order valence-corrected chi connectivity index (χ1v) is 9.36. The van der Waals surface area contributed by atoms with Gasteiger partial charge in [0, 0.05) is 36.1 Å². The first-order chi connectivity index (χ1) is 10.8. The lowest BCUT2D eigenvalue weighted by molar-refractivity contribution is -0.0796. The van der Waals surface area contributed by atoms with Crippen molar-refractivity contribution in [3.05, 3.63) is 40.9 Å². The van der Waals surface area contributed by atoms with E-state index in [4.69, 9.17) is 24.9 Å². The van der Waals surface area contributed by atoms with Crippen molar-refractivity contribution in [2.24, 2.45) is 0 Å². The second-order valence-electron chi connectivity index (χ2n) is 4.46. The van der Waals surface area contributed by atoms with Crippen LogP contribution < -0.4 is 0 Å². The van der Waals surface area contributed by atoms with Crippen LogP contribution in [0.25, 0.3) is 5.20 Å². The molecule has 0 bridgehead atoms. The zero-order chi connectivity index (χ0) is 17.5. The van der Waals surface area contributed by atoms with Crippen LogP contribution in [0.4, 0.5) is 13.2 Å². The van der Waals surface area contributed by atoms with Crippen molar-refractivity contribution >= 4 is 25.6 Å². The van der Waals surface area contributed by atoms with Crippen molar-refractivity contribution in [3.63, 3.8) is 0 Å². The van der Waals surface area contributed by atoms with Gasteiger partial charge in [0.1, 0.15) is 0 Å². The highest BCUT2D eigenvalue weighted by atomic mass is 35.5. The third-order valence-electron chi connectivity index (χ3n) is 2.80. The van der Waals surface area contributed by atoms with Crippen LogP contribution in [0.1, 0.15) is 26.3 Å². The Kier molecular flexibility index (Phi) is 7.76. The molecule has 0 unspecified atom stereocenters. The molecule has 8 heteroatoms. The van der Waals surface area contributed by atoms with Crippen molar-refractivity contribution in [1.82, 2.24) is 0 Å². The zero-order valence-corrected chi connectivity index (χ0v) is 15.0. The molecular formula is C15H20ClF3O3Si. The molecule has 1 aromatic carbocycles. The zero-order valence-electron chi connectivity index (χ0n) is 13.2. The van der Waals surface area contributed by atoms with Crippen molar-refractivity contribution < 1.29 is 26.4 Å². The predicted octanol–water partition coefficient (Wildman–Crippen LogP) is 4.87. The van der Waals surface area contributed by atoms with E-state index in [1.807, 2.05) is 0 Å². The minimum absolute atomic E-state index is 0.118. The van der Waals surface area contributed by atoms with Crippen LogP contribution in [0.15, 0.2) is 30.3 Å². The fourth-order valence-electron chi connectivity index (χ4n) is 2.07. The van der Waals surface area contributed by atoms with E-state index in [9.17, 15) is 13.2 Å². The van der Waals surface area contributed by atoms with Crippen LogP contribution in [0.3, 0.4) is 0 Å². The molecular weight excluding hydrogens is 349 g/mol. The monoisotopic (exact) mass is 368 g/mol. The third-order valence-corrected chi connectivity index (χ3v) is 6.15. The summed E-state index contributed by atoms with van der Waals surface area (Å²) in [5.41, 5.74) is 0.314. The summed E-state index contributed by atoms with van der Waals surface area (Å²) in [6.07, 6.45) is -4.33. The highest BCUT2D eigenvalue weighted by molar-refractivity contribution is 6.81. The first kappa shape index (κ1) is 20.2. The largest absolute Gasteiger partial charge is 0.537 e. The summed E-state index contributed by atoms with van der Waals surface area (Å²) in [6, 6.07) is 6.03. The molecule has 23 heavy (non-hydrogen) atoms. The molecule has 3 nitrogen and oxygen atoms in total. The maximum absolute atomic E-state index is 13.1. The first-order valence-electron chi connectivity index (χ1n) is 7.25. The highest BCUT2D eigenvalue weighted by Crippen LogP contribution is 2.34.